The largest absolute Gasteiger partial charge is 0.481 e. The number of nitrogens with zero attached hydrogens (tertiary/aromatic N) is 9. The first-order valence-electron chi connectivity index (χ1n) is 35.3. The fourth-order valence-electron chi connectivity index (χ4n) is 15.7. The van der Waals surface area contributed by atoms with Crippen LogP contribution in [-0.2, 0) is 32.9 Å². The first-order chi connectivity index (χ1) is 46.5. The number of fused-ring (bicyclic) bond motifs is 3. The highest BCUT2D eigenvalue weighted by molar-refractivity contribution is 5.96. The van der Waals surface area contributed by atoms with E-state index >= 15 is 0 Å². The van der Waals surface area contributed by atoms with Crippen molar-refractivity contribution in [2.45, 2.75) is 134 Å². The summed E-state index contributed by atoms with van der Waals surface area (Å²) in [6.07, 6.45) is 8.07. The third kappa shape index (κ3) is 18.2. The Morgan fingerprint density at radius 3 is 0.990 bits per heavy atom. The van der Waals surface area contributed by atoms with Gasteiger partial charge in [-0.15, -0.1) is 0 Å². The molecule has 3 aliphatic carbocycles. The Kier molecular flexibility index (Phi) is 22.0. The first-order valence-corrected chi connectivity index (χ1v) is 35.3. The standard InChI is InChI=1S/2C25H30F3N3O.C16H15F3N2O2.C8H16N2/c2*26-25(27,28)21-5-6-22(20-2-1-10-29-24(20)21)31-12-8-19(9-13-31)23(32)14-18-7-11-30(16-18)15-17-3-4-17;17-16(18,19)12-3-4-13(11-2-1-7-20-14(11)12)21-8-5-10(6-9-21)15(22)23;9-8-3-4-10(6-8)5-7-1-2-7/h2*1-2,5-6,10,17-19H,3-4,7-9,11-16H2;1-4,7,10H,5-6,8-9H2,(H,22,23);7-8H,1-6,9H2/t2*18-;;/m10../s1. The number of hydrogen-bond donors (Lipinski definition) is 2. The lowest BCUT2D eigenvalue weighted by atomic mass is 9.87. The number of benzene rings is 3. The summed E-state index contributed by atoms with van der Waals surface area (Å²) in [5, 5.41) is 10.5. The van der Waals surface area contributed by atoms with Crippen molar-refractivity contribution in [2.75, 3.05) is 113 Å². The molecule has 0 radical (unpaired) electrons. The third-order valence-electron chi connectivity index (χ3n) is 21.6. The average Bonchev–Trinajstić information content (AvgIpc) is 1.72. The van der Waals surface area contributed by atoms with Gasteiger partial charge >= 0.3 is 24.5 Å². The van der Waals surface area contributed by atoms with Gasteiger partial charge in [0.25, 0.3) is 0 Å². The molecule has 3 aromatic heterocycles. The Hall–Kier alpha value is -6.69. The normalized spacial score (nSPS) is 22.9. The number of carbonyl (C=O) groups excluding carboxylic acids is 2. The van der Waals surface area contributed by atoms with Crippen molar-refractivity contribution in [2.24, 2.45) is 53.1 Å². The molecule has 6 aromatic rings. The van der Waals surface area contributed by atoms with Crippen molar-refractivity contribution in [3.63, 3.8) is 0 Å². The van der Waals surface area contributed by atoms with E-state index in [0.717, 1.165) is 119 Å². The van der Waals surface area contributed by atoms with E-state index < -0.39 is 41.2 Å². The number of piperidine rings is 3. The molecule has 14 nitrogen and oxygen atoms in total. The van der Waals surface area contributed by atoms with Gasteiger partial charge in [0.1, 0.15) is 11.6 Å². The van der Waals surface area contributed by atoms with Gasteiger partial charge in [0.05, 0.1) is 39.2 Å². The Morgan fingerprint density at radius 2 is 0.701 bits per heavy atom. The van der Waals surface area contributed by atoms with Gasteiger partial charge in [-0.25, -0.2) is 0 Å². The zero-order valence-corrected chi connectivity index (χ0v) is 55.2. The van der Waals surface area contributed by atoms with Crippen LogP contribution in [0.3, 0.4) is 0 Å². The number of rotatable bonds is 16. The minimum atomic E-state index is -4.46. The van der Waals surface area contributed by atoms with Crippen LogP contribution in [-0.4, -0.2) is 157 Å². The van der Waals surface area contributed by atoms with E-state index in [4.69, 9.17) is 10.8 Å². The molecular formula is C74H91F9N10O4. The SMILES string of the molecule is NC1CCN(CC2CC2)C1.O=C(C[C@@H]1CCN(CC2CC2)C1)C1CCN(c2ccc(C(F)(F)F)c3ncccc23)CC1.O=C(C[C@H]1CCN(CC2CC2)C1)C1CCN(c2ccc(C(F)(F)F)c3ncccc23)CC1.O=C(O)C1CCN(c2ccc(C(F)(F)F)c3ncccc23)CC1. The summed E-state index contributed by atoms with van der Waals surface area (Å²) in [6.45, 7) is 14.3. The van der Waals surface area contributed by atoms with Crippen molar-refractivity contribution in [1.29, 1.82) is 0 Å². The molecule has 9 aliphatic rings. The lowest BCUT2D eigenvalue weighted by Gasteiger charge is -2.34. The maximum atomic E-state index is 13.4. The molecule has 0 bridgehead atoms. The molecule has 6 aliphatic heterocycles. The topological polar surface area (TPSA) is 156 Å². The molecule has 23 heteroatoms. The van der Waals surface area contributed by atoms with Gasteiger partial charge < -0.3 is 40.2 Å². The Labute approximate surface area is 561 Å². The predicted octanol–water partition coefficient (Wildman–Crippen LogP) is 14.3. The third-order valence-corrected chi connectivity index (χ3v) is 21.6. The highest BCUT2D eigenvalue weighted by atomic mass is 19.4. The molecule has 0 amide bonds. The van der Waals surface area contributed by atoms with Gasteiger partial charge in [0.2, 0.25) is 0 Å². The molecule has 524 valence electrons. The molecule has 9 heterocycles. The van der Waals surface area contributed by atoms with Crippen LogP contribution in [0.25, 0.3) is 32.7 Å². The van der Waals surface area contributed by atoms with Gasteiger partial charge in [0, 0.05) is 161 Å². The molecule has 3 N–H and O–H groups in total. The average molecular weight is 1360 g/mol. The highest BCUT2D eigenvalue weighted by Crippen LogP contribution is 2.43. The summed E-state index contributed by atoms with van der Waals surface area (Å²) >= 11 is 0. The van der Waals surface area contributed by atoms with Gasteiger partial charge in [-0.3, -0.25) is 29.3 Å². The van der Waals surface area contributed by atoms with Crippen LogP contribution in [0.5, 0.6) is 0 Å². The van der Waals surface area contributed by atoms with E-state index in [-0.39, 0.29) is 34.3 Å². The monoisotopic (exact) mass is 1350 g/mol. The number of likely N-dealkylation sites (tertiary alicyclic amines) is 3. The summed E-state index contributed by atoms with van der Waals surface area (Å²) in [4.78, 5) is 62.6. The maximum absolute atomic E-state index is 13.4. The summed E-state index contributed by atoms with van der Waals surface area (Å²) in [6, 6.07) is 18.4. The molecule has 15 rings (SSSR count). The molecule has 3 atom stereocenters. The number of ketones is 2. The maximum Gasteiger partial charge on any atom is 0.418 e. The number of nitrogens with two attached hydrogens (primary N) is 1. The van der Waals surface area contributed by atoms with Gasteiger partial charge in [-0.2, -0.15) is 39.5 Å². The molecule has 3 saturated carbocycles. The molecule has 1 unspecified atom stereocenters. The van der Waals surface area contributed by atoms with Crippen LogP contribution in [0.2, 0.25) is 0 Å². The summed E-state index contributed by atoms with van der Waals surface area (Å²) < 4.78 is 120. The molecule has 9 fully saturated rings. The summed E-state index contributed by atoms with van der Waals surface area (Å²) in [7, 11) is 0. The number of aliphatic carboxylic acids is 1. The second kappa shape index (κ2) is 30.4. The number of carbonyl (C=O) groups is 3. The minimum Gasteiger partial charge on any atom is -0.481 e. The zero-order valence-electron chi connectivity index (χ0n) is 55.2. The van der Waals surface area contributed by atoms with Gasteiger partial charge in [0.15, 0.2) is 0 Å². The Morgan fingerprint density at radius 1 is 0.392 bits per heavy atom. The number of halogens is 9. The van der Waals surface area contributed by atoms with Crippen LogP contribution in [0.4, 0.5) is 56.6 Å². The number of aromatic nitrogens is 3. The predicted molar refractivity (Wildman–Crippen MR) is 358 cm³/mol. The number of Topliss-reactive ketones (excluding diaryl/α,β-unsaturated/α-hetero) is 2. The van der Waals surface area contributed by atoms with Crippen molar-refractivity contribution in [3.05, 3.63) is 108 Å². The lowest BCUT2D eigenvalue weighted by Crippen LogP contribution is -2.37. The van der Waals surface area contributed by atoms with Crippen LogP contribution in [0.1, 0.15) is 126 Å². The quantitative estimate of drug-likeness (QED) is 0.0883. The van der Waals surface area contributed by atoms with Crippen molar-refractivity contribution in [3.8, 4) is 0 Å². The van der Waals surface area contributed by atoms with E-state index in [9.17, 15) is 53.9 Å². The number of carboxylic acid groups (broad SMARTS) is 1. The number of alkyl halides is 9. The molecular weight excluding hydrogens is 1260 g/mol. The van der Waals surface area contributed by atoms with E-state index in [1.54, 1.807) is 48.5 Å². The van der Waals surface area contributed by atoms with Gasteiger partial charge in [-0.1, -0.05) is 0 Å². The van der Waals surface area contributed by atoms with Gasteiger partial charge in [-0.05, 0) is 218 Å². The second-order valence-corrected chi connectivity index (χ2v) is 29.0. The first kappa shape index (κ1) is 70.2. The molecule has 3 aromatic carbocycles. The molecule has 97 heavy (non-hydrogen) atoms. The molecule has 0 spiro atoms. The summed E-state index contributed by atoms with van der Waals surface area (Å²) in [5.41, 5.74) is 5.77. The number of carboxylic acids is 1. The summed E-state index contributed by atoms with van der Waals surface area (Å²) in [5.74, 6) is 3.50. The second-order valence-electron chi connectivity index (χ2n) is 29.0. The minimum absolute atomic E-state index is 0.00677. The van der Waals surface area contributed by atoms with Crippen LogP contribution < -0.4 is 20.4 Å². The van der Waals surface area contributed by atoms with Crippen molar-refractivity contribution >= 4 is 67.3 Å². The lowest BCUT2D eigenvalue weighted by molar-refractivity contribution is -0.142. The van der Waals surface area contributed by atoms with E-state index in [2.05, 4.69) is 39.5 Å². The number of anilines is 3. The van der Waals surface area contributed by atoms with Crippen molar-refractivity contribution < 1.29 is 59.0 Å². The van der Waals surface area contributed by atoms with Crippen molar-refractivity contribution in [1.82, 2.24) is 29.7 Å². The zero-order chi connectivity index (χ0) is 68.2. The van der Waals surface area contributed by atoms with E-state index in [1.165, 1.54) is 95.8 Å². The van der Waals surface area contributed by atoms with Crippen LogP contribution in [0.15, 0.2) is 91.4 Å². The highest BCUT2D eigenvalue weighted by Gasteiger charge is 2.40. The number of hydrogen-bond acceptors (Lipinski definition) is 13. The smallest absolute Gasteiger partial charge is 0.418 e. The van der Waals surface area contributed by atoms with E-state index in [1.807, 2.05) is 4.90 Å². The van der Waals surface area contributed by atoms with E-state index in [0.29, 0.717) is 116 Å². The van der Waals surface area contributed by atoms with Crippen LogP contribution >= 0.6 is 0 Å². The Bertz CT molecular complexity index is 3530. The number of pyridine rings is 3. The van der Waals surface area contributed by atoms with Crippen LogP contribution in [0, 0.1) is 47.3 Å². The molecule has 6 saturated heterocycles. The Balaban J connectivity index is 0.000000131. The fraction of sp³-hybridized carbons (Fsp3) is 0.595. The fourth-order valence-corrected chi connectivity index (χ4v) is 15.7.